The molecule has 0 fully saturated rings. The van der Waals surface area contributed by atoms with Gasteiger partial charge in [-0.25, -0.2) is 5.01 Å². The Morgan fingerprint density at radius 2 is 2.10 bits per heavy atom. The van der Waals surface area contributed by atoms with E-state index in [0.29, 0.717) is 11.3 Å². The van der Waals surface area contributed by atoms with E-state index in [0.717, 1.165) is 22.6 Å². The van der Waals surface area contributed by atoms with Crippen molar-refractivity contribution in [3.63, 3.8) is 0 Å². The van der Waals surface area contributed by atoms with Crippen molar-refractivity contribution in [3.05, 3.63) is 53.1 Å². The fourth-order valence-corrected chi connectivity index (χ4v) is 2.95. The summed E-state index contributed by atoms with van der Waals surface area (Å²) in [6.07, 6.45) is 0. The Morgan fingerprint density at radius 1 is 1.25 bits per heavy atom. The maximum absolute atomic E-state index is 12.1. The van der Waals surface area contributed by atoms with Crippen molar-refractivity contribution in [1.82, 2.24) is 10.4 Å². The van der Waals surface area contributed by atoms with Crippen molar-refractivity contribution in [2.45, 2.75) is 6.04 Å². The predicted molar refractivity (Wildman–Crippen MR) is 74.4 cm³/mol. The van der Waals surface area contributed by atoms with Crippen LogP contribution in [0.25, 0.3) is 0 Å². The second-order valence-corrected chi connectivity index (χ2v) is 5.07. The fraction of sp³-hybridized carbons (Fsp3) is 0.133. The van der Waals surface area contributed by atoms with Crippen LogP contribution < -0.4 is 15.9 Å². The summed E-state index contributed by atoms with van der Waals surface area (Å²) in [5.74, 6) is 1.39. The zero-order valence-corrected chi connectivity index (χ0v) is 10.9. The van der Waals surface area contributed by atoms with Crippen LogP contribution >= 0.6 is 0 Å². The highest BCUT2D eigenvalue weighted by molar-refractivity contribution is 5.97. The zero-order valence-electron chi connectivity index (χ0n) is 10.9. The molecular weight excluding hydrogens is 254 g/mol. The van der Waals surface area contributed by atoms with Gasteiger partial charge < -0.3 is 10.5 Å². The zero-order chi connectivity index (χ0) is 13.9. The molecule has 2 heterocycles. The fourth-order valence-electron chi connectivity index (χ4n) is 2.95. The van der Waals surface area contributed by atoms with E-state index < -0.39 is 0 Å². The number of nitrogen functional groups attached to an aromatic ring is 1. The maximum Gasteiger partial charge on any atom is 0.266 e. The van der Waals surface area contributed by atoms with E-state index in [2.05, 4.69) is 5.43 Å². The first-order chi connectivity index (χ1) is 9.65. The predicted octanol–water partition coefficient (Wildman–Crippen LogP) is 2.05. The molecule has 1 amide bonds. The molecule has 0 aliphatic carbocycles. The average molecular weight is 267 g/mol. The number of nitrogens with zero attached hydrogens (tertiary/aromatic N) is 1. The monoisotopic (exact) mass is 267 g/mol. The lowest BCUT2D eigenvalue weighted by atomic mass is 9.88. The molecule has 1 atom stereocenters. The summed E-state index contributed by atoms with van der Waals surface area (Å²) >= 11 is 0. The Kier molecular flexibility index (Phi) is 2.11. The van der Waals surface area contributed by atoms with Crippen LogP contribution in [0.1, 0.15) is 27.5 Å². The molecule has 2 aliphatic heterocycles. The van der Waals surface area contributed by atoms with Gasteiger partial charge in [0, 0.05) is 29.4 Å². The Morgan fingerprint density at radius 3 is 2.95 bits per heavy atom. The van der Waals surface area contributed by atoms with Crippen molar-refractivity contribution in [1.29, 1.82) is 0 Å². The maximum atomic E-state index is 12.1. The number of hydrogen-bond acceptors (Lipinski definition) is 4. The van der Waals surface area contributed by atoms with Gasteiger partial charge in [0.25, 0.3) is 5.91 Å². The Bertz CT molecular complexity index is 742. The lowest BCUT2D eigenvalue weighted by Crippen LogP contribution is -2.47. The number of hydrogen-bond donors (Lipinski definition) is 2. The molecule has 100 valence electrons. The molecule has 4 rings (SSSR count). The molecule has 2 aliphatic rings. The topological polar surface area (TPSA) is 67.6 Å². The van der Waals surface area contributed by atoms with E-state index in [9.17, 15) is 4.79 Å². The number of nitrogens with two attached hydrogens (primary N) is 1. The van der Waals surface area contributed by atoms with Gasteiger partial charge in [-0.2, -0.15) is 0 Å². The molecule has 1 unspecified atom stereocenters. The van der Waals surface area contributed by atoms with Crippen LogP contribution in [0.15, 0.2) is 36.4 Å². The van der Waals surface area contributed by atoms with Gasteiger partial charge in [-0.1, -0.05) is 6.07 Å². The van der Waals surface area contributed by atoms with Crippen LogP contribution in [0.5, 0.6) is 11.5 Å². The number of hydrazine groups is 1. The first-order valence-electron chi connectivity index (χ1n) is 6.39. The summed E-state index contributed by atoms with van der Waals surface area (Å²) in [6.45, 7) is 0. The average Bonchev–Trinajstić information content (AvgIpc) is 2.43. The molecule has 3 N–H and O–H groups in total. The minimum absolute atomic E-state index is 0.0776. The molecule has 2 aromatic rings. The minimum Gasteiger partial charge on any atom is -0.457 e. The molecule has 0 aromatic heterocycles. The van der Waals surface area contributed by atoms with Crippen molar-refractivity contribution < 1.29 is 9.53 Å². The second-order valence-electron chi connectivity index (χ2n) is 5.07. The van der Waals surface area contributed by atoms with E-state index in [1.807, 2.05) is 43.4 Å². The van der Waals surface area contributed by atoms with Crippen LogP contribution in [0.4, 0.5) is 5.69 Å². The van der Waals surface area contributed by atoms with Crippen molar-refractivity contribution >= 4 is 11.6 Å². The molecule has 5 nitrogen and oxygen atoms in total. The van der Waals surface area contributed by atoms with Crippen molar-refractivity contribution in [2.24, 2.45) is 0 Å². The third-order valence-corrected chi connectivity index (χ3v) is 3.80. The highest BCUT2D eigenvalue weighted by Crippen LogP contribution is 2.48. The molecule has 2 aromatic carbocycles. The van der Waals surface area contributed by atoms with E-state index >= 15 is 0 Å². The largest absolute Gasteiger partial charge is 0.457 e. The van der Waals surface area contributed by atoms with Gasteiger partial charge in [0.1, 0.15) is 11.5 Å². The SMILES string of the molecule is CN1NC(=O)c2cccc3c2C1c1cc(N)ccc1O3. The number of anilines is 1. The minimum atomic E-state index is -0.114. The summed E-state index contributed by atoms with van der Waals surface area (Å²) in [7, 11) is 1.85. The number of amides is 1. The standard InChI is InChI=1S/C15H13N3O2/c1-18-14-10-7-8(16)5-6-11(10)20-12-4-2-3-9(13(12)14)15(19)17-18/h2-7,14H,16H2,1H3,(H,17,19). The Balaban J connectivity index is 2.02. The van der Waals surface area contributed by atoms with Crippen LogP contribution in [-0.4, -0.2) is 18.0 Å². The van der Waals surface area contributed by atoms with Gasteiger partial charge in [-0.05, 0) is 30.3 Å². The first kappa shape index (κ1) is 11.3. The van der Waals surface area contributed by atoms with Crippen LogP contribution in [0.3, 0.4) is 0 Å². The van der Waals surface area contributed by atoms with Gasteiger partial charge in [-0.3, -0.25) is 10.2 Å². The number of carbonyl (C=O) groups is 1. The number of carbonyl (C=O) groups excluding carboxylic acids is 1. The van der Waals surface area contributed by atoms with Crippen molar-refractivity contribution in [2.75, 3.05) is 12.8 Å². The smallest absolute Gasteiger partial charge is 0.266 e. The van der Waals surface area contributed by atoms with E-state index in [1.54, 1.807) is 5.01 Å². The molecule has 0 radical (unpaired) electrons. The molecule has 0 saturated heterocycles. The summed E-state index contributed by atoms with van der Waals surface area (Å²) in [4.78, 5) is 12.1. The Labute approximate surface area is 115 Å². The van der Waals surface area contributed by atoms with Gasteiger partial charge in [-0.15, -0.1) is 0 Å². The van der Waals surface area contributed by atoms with Crippen LogP contribution in [0.2, 0.25) is 0 Å². The molecule has 5 heteroatoms. The Hall–Kier alpha value is -2.53. The highest BCUT2D eigenvalue weighted by Gasteiger charge is 2.38. The normalized spacial score (nSPS) is 19.6. The van der Waals surface area contributed by atoms with Gasteiger partial charge in [0.05, 0.1) is 6.04 Å². The molecule has 0 bridgehead atoms. The number of benzene rings is 2. The number of rotatable bonds is 0. The highest BCUT2D eigenvalue weighted by atomic mass is 16.5. The summed E-state index contributed by atoms with van der Waals surface area (Å²) < 4.78 is 5.91. The van der Waals surface area contributed by atoms with Crippen molar-refractivity contribution in [3.8, 4) is 11.5 Å². The summed E-state index contributed by atoms with van der Waals surface area (Å²) in [5, 5.41) is 1.80. The number of nitrogens with one attached hydrogen (secondary N) is 1. The van der Waals surface area contributed by atoms with Gasteiger partial charge >= 0.3 is 0 Å². The molecule has 20 heavy (non-hydrogen) atoms. The van der Waals surface area contributed by atoms with Gasteiger partial charge in [0.2, 0.25) is 0 Å². The molecule has 0 spiro atoms. The third-order valence-electron chi connectivity index (χ3n) is 3.80. The summed E-state index contributed by atoms with van der Waals surface area (Å²) in [5.41, 5.74) is 11.9. The molecule has 0 saturated carbocycles. The van der Waals surface area contributed by atoms with E-state index in [-0.39, 0.29) is 11.9 Å². The lowest BCUT2D eigenvalue weighted by molar-refractivity contribution is 0.0732. The first-order valence-corrected chi connectivity index (χ1v) is 6.39. The third kappa shape index (κ3) is 1.38. The van der Waals surface area contributed by atoms with Crippen LogP contribution in [-0.2, 0) is 0 Å². The number of ether oxygens (including phenoxy) is 1. The number of fused-ring (bicyclic) bond motifs is 2. The van der Waals surface area contributed by atoms with E-state index in [4.69, 9.17) is 10.5 Å². The lowest BCUT2D eigenvalue weighted by Gasteiger charge is -2.39. The van der Waals surface area contributed by atoms with Gasteiger partial charge in [0.15, 0.2) is 0 Å². The quantitative estimate of drug-likeness (QED) is 0.717. The summed E-state index contributed by atoms with van der Waals surface area (Å²) in [6, 6.07) is 11.0. The van der Waals surface area contributed by atoms with E-state index in [1.165, 1.54) is 0 Å². The molecular formula is C15H13N3O2. The second kappa shape index (κ2) is 3.74. The van der Waals surface area contributed by atoms with Crippen LogP contribution in [0, 0.1) is 0 Å².